The number of hydrogen-bond donors (Lipinski definition) is 2. The highest BCUT2D eigenvalue weighted by atomic mass is 35.5. The summed E-state index contributed by atoms with van der Waals surface area (Å²) in [4.78, 5) is 11.5. The lowest BCUT2D eigenvalue weighted by Crippen LogP contribution is -2.45. The van der Waals surface area contributed by atoms with Crippen LogP contribution in [0.3, 0.4) is 0 Å². The Kier molecular flexibility index (Phi) is 6.11. The van der Waals surface area contributed by atoms with Crippen LogP contribution in [0.2, 0.25) is 0 Å². The summed E-state index contributed by atoms with van der Waals surface area (Å²) >= 11 is 0. The molecule has 1 amide bonds. The highest BCUT2D eigenvalue weighted by Gasteiger charge is 2.22. The van der Waals surface area contributed by atoms with Gasteiger partial charge in [-0.2, -0.15) is 8.78 Å². The van der Waals surface area contributed by atoms with Crippen molar-refractivity contribution in [2.75, 3.05) is 5.32 Å². The third kappa shape index (κ3) is 5.35. The Morgan fingerprint density at radius 2 is 2.00 bits per heavy atom. The summed E-state index contributed by atoms with van der Waals surface area (Å²) in [5, 5.41) is 2.36. The van der Waals surface area contributed by atoms with E-state index in [2.05, 4.69) is 10.1 Å². The fourth-order valence-corrected chi connectivity index (χ4v) is 1.06. The largest absolute Gasteiger partial charge is 0.432 e. The van der Waals surface area contributed by atoms with Crippen LogP contribution in [-0.4, -0.2) is 18.1 Å². The van der Waals surface area contributed by atoms with Crippen molar-refractivity contribution in [1.82, 2.24) is 0 Å². The Bertz CT molecular complexity index is 450. The van der Waals surface area contributed by atoms with Gasteiger partial charge in [-0.25, -0.2) is 4.39 Å². The fourth-order valence-electron chi connectivity index (χ4n) is 1.06. The van der Waals surface area contributed by atoms with E-state index in [1.807, 2.05) is 0 Å². The molecule has 0 aromatic heterocycles. The second kappa shape index (κ2) is 6.63. The van der Waals surface area contributed by atoms with E-state index in [0.717, 1.165) is 12.1 Å². The first-order valence-electron chi connectivity index (χ1n) is 5.05. The van der Waals surface area contributed by atoms with Gasteiger partial charge in [-0.05, 0) is 26.0 Å². The Morgan fingerprint density at radius 3 is 2.42 bits per heavy atom. The number of nitrogens with two attached hydrogens (primary N) is 1. The second-order valence-corrected chi connectivity index (χ2v) is 4.20. The van der Waals surface area contributed by atoms with Gasteiger partial charge < -0.3 is 15.8 Å². The second-order valence-electron chi connectivity index (χ2n) is 4.20. The number of carbonyl (C=O) groups is 1. The zero-order chi connectivity index (χ0) is 13.9. The number of alkyl halides is 2. The molecule has 0 aliphatic rings. The molecule has 4 nitrogen and oxygen atoms in total. The highest BCUT2D eigenvalue weighted by molar-refractivity contribution is 5.97. The third-order valence-corrected chi connectivity index (χ3v) is 1.99. The van der Waals surface area contributed by atoms with Gasteiger partial charge >= 0.3 is 6.61 Å². The summed E-state index contributed by atoms with van der Waals surface area (Å²) in [6.07, 6.45) is 0. The molecule has 0 saturated carbocycles. The zero-order valence-electron chi connectivity index (χ0n) is 10.2. The van der Waals surface area contributed by atoms with Gasteiger partial charge in [0.05, 0.1) is 5.54 Å². The first-order chi connectivity index (χ1) is 8.20. The van der Waals surface area contributed by atoms with Crippen molar-refractivity contribution < 1.29 is 22.7 Å². The molecule has 0 bridgehead atoms. The van der Waals surface area contributed by atoms with Crippen LogP contribution in [0.15, 0.2) is 18.2 Å². The molecule has 0 radical (unpaired) electrons. The highest BCUT2D eigenvalue weighted by Crippen LogP contribution is 2.23. The number of anilines is 1. The Balaban J connectivity index is 0.00000324. The van der Waals surface area contributed by atoms with Crippen molar-refractivity contribution in [2.24, 2.45) is 5.73 Å². The van der Waals surface area contributed by atoms with Gasteiger partial charge in [0.25, 0.3) is 0 Å². The number of hydrogen-bond acceptors (Lipinski definition) is 3. The van der Waals surface area contributed by atoms with Gasteiger partial charge in [0.15, 0.2) is 11.6 Å². The molecule has 0 atom stereocenters. The Hall–Kier alpha value is -1.47. The minimum atomic E-state index is -3.11. The van der Waals surface area contributed by atoms with E-state index < -0.39 is 29.6 Å². The van der Waals surface area contributed by atoms with Gasteiger partial charge in [0.2, 0.25) is 5.91 Å². The van der Waals surface area contributed by atoms with Crippen molar-refractivity contribution in [1.29, 1.82) is 0 Å². The molecule has 0 aliphatic heterocycles. The number of rotatable bonds is 4. The van der Waals surface area contributed by atoms with Crippen molar-refractivity contribution in [2.45, 2.75) is 26.0 Å². The number of nitrogens with one attached hydrogen (secondary N) is 1. The van der Waals surface area contributed by atoms with Crippen molar-refractivity contribution in [3.63, 3.8) is 0 Å². The van der Waals surface area contributed by atoms with Crippen LogP contribution >= 0.6 is 12.4 Å². The molecule has 8 heteroatoms. The molecular formula is C11H14ClF3N2O2. The van der Waals surface area contributed by atoms with Crippen LogP contribution in [0.25, 0.3) is 0 Å². The summed E-state index contributed by atoms with van der Waals surface area (Å²) < 4.78 is 41.0. The van der Waals surface area contributed by atoms with Crippen LogP contribution in [0.4, 0.5) is 18.9 Å². The molecule has 108 valence electrons. The van der Waals surface area contributed by atoms with E-state index >= 15 is 0 Å². The molecular weight excluding hydrogens is 285 g/mol. The molecule has 0 unspecified atom stereocenters. The van der Waals surface area contributed by atoms with Gasteiger partial charge in [0.1, 0.15) is 0 Å². The SMILES string of the molecule is CC(C)(N)C(=O)Nc1ccc(OC(F)F)c(F)c1.Cl. The van der Waals surface area contributed by atoms with Crippen LogP contribution < -0.4 is 15.8 Å². The molecule has 1 aromatic carbocycles. The van der Waals surface area contributed by atoms with Crippen LogP contribution in [0, 0.1) is 5.82 Å². The monoisotopic (exact) mass is 298 g/mol. The summed E-state index contributed by atoms with van der Waals surface area (Å²) in [6, 6.07) is 3.12. The minimum absolute atomic E-state index is 0. The standard InChI is InChI=1S/C11H13F3N2O2.ClH/c1-11(2,15)9(17)16-6-3-4-8(7(12)5-6)18-10(13)14;/h3-5,10H,15H2,1-2H3,(H,16,17);1H. The average Bonchev–Trinajstić information content (AvgIpc) is 2.20. The lowest BCUT2D eigenvalue weighted by atomic mass is 10.1. The van der Waals surface area contributed by atoms with Gasteiger partial charge in [-0.15, -0.1) is 12.4 Å². The maximum Gasteiger partial charge on any atom is 0.387 e. The van der Waals surface area contributed by atoms with Crippen LogP contribution in [-0.2, 0) is 4.79 Å². The molecule has 19 heavy (non-hydrogen) atoms. The van der Waals surface area contributed by atoms with Gasteiger partial charge in [0, 0.05) is 11.8 Å². The lowest BCUT2D eigenvalue weighted by Gasteiger charge is -2.18. The van der Waals surface area contributed by atoms with E-state index in [-0.39, 0.29) is 18.1 Å². The number of ether oxygens (including phenoxy) is 1. The molecule has 0 saturated heterocycles. The van der Waals surface area contributed by atoms with Gasteiger partial charge in [-0.3, -0.25) is 4.79 Å². The maximum absolute atomic E-state index is 13.3. The van der Waals surface area contributed by atoms with Crippen molar-refractivity contribution in [3.05, 3.63) is 24.0 Å². The summed E-state index contributed by atoms with van der Waals surface area (Å²) in [7, 11) is 0. The Morgan fingerprint density at radius 1 is 1.42 bits per heavy atom. The molecule has 0 fully saturated rings. The number of carbonyl (C=O) groups excluding carboxylic acids is 1. The molecule has 0 spiro atoms. The first-order valence-corrected chi connectivity index (χ1v) is 5.05. The third-order valence-electron chi connectivity index (χ3n) is 1.99. The normalized spacial score (nSPS) is 10.9. The number of halogens is 4. The quantitative estimate of drug-likeness (QED) is 0.898. The fraction of sp³-hybridized carbons (Fsp3) is 0.364. The molecule has 0 heterocycles. The van der Waals surface area contributed by atoms with E-state index in [4.69, 9.17) is 5.73 Å². The number of amides is 1. The predicted octanol–water partition coefficient (Wildman–Crippen LogP) is 2.52. The maximum atomic E-state index is 13.3. The predicted molar refractivity (Wildman–Crippen MR) is 67.2 cm³/mol. The smallest absolute Gasteiger partial charge is 0.387 e. The van der Waals surface area contributed by atoms with E-state index in [1.165, 1.54) is 19.9 Å². The molecule has 1 rings (SSSR count). The van der Waals surface area contributed by atoms with Gasteiger partial charge in [-0.1, -0.05) is 0 Å². The van der Waals surface area contributed by atoms with E-state index in [1.54, 1.807) is 0 Å². The average molecular weight is 299 g/mol. The van der Waals surface area contributed by atoms with Crippen LogP contribution in [0.1, 0.15) is 13.8 Å². The van der Waals surface area contributed by atoms with Crippen molar-refractivity contribution >= 4 is 24.0 Å². The minimum Gasteiger partial charge on any atom is -0.432 e. The van der Waals surface area contributed by atoms with Crippen molar-refractivity contribution in [3.8, 4) is 5.75 Å². The molecule has 0 aliphatic carbocycles. The number of benzene rings is 1. The lowest BCUT2D eigenvalue weighted by molar-refractivity contribution is -0.120. The summed E-state index contributed by atoms with van der Waals surface area (Å²) in [5.41, 5.74) is 4.51. The van der Waals surface area contributed by atoms with E-state index in [0.29, 0.717) is 0 Å². The molecule has 3 N–H and O–H groups in total. The summed E-state index contributed by atoms with van der Waals surface area (Å²) in [5.74, 6) is -2.11. The topological polar surface area (TPSA) is 64.4 Å². The summed E-state index contributed by atoms with van der Waals surface area (Å²) in [6.45, 7) is -0.150. The first kappa shape index (κ1) is 17.5. The molecule has 1 aromatic rings. The van der Waals surface area contributed by atoms with E-state index in [9.17, 15) is 18.0 Å². The van der Waals surface area contributed by atoms with Crippen LogP contribution in [0.5, 0.6) is 5.75 Å². The zero-order valence-corrected chi connectivity index (χ0v) is 11.1. The Labute approximate surface area is 114 Å².